The van der Waals surface area contributed by atoms with Crippen molar-refractivity contribution in [2.45, 2.75) is 27.2 Å². The molecule has 3 N–H and O–H groups in total. The van der Waals surface area contributed by atoms with Gasteiger partial charge in [0.1, 0.15) is 5.75 Å². The van der Waals surface area contributed by atoms with Crippen molar-refractivity contribution in [2.75, 3.05) is 37.4 Å². The summed E-state index contributed by atoms with van der Waals surface area (Å²) in [5, 5.41) is 5.81. The molecule has 1 unspecified atom stereocenters. The average molecular weight is 385 g/mol. The third-order valence-corrected chi connectivity index (χ3v) is 4.31. The number of methoxy groups -OCH3 is 1. The fraction of sp³-hybridized carbons (Fsp3) is 0.364. The van der Waals surface area contributed by atoms with Crippen molar-refractivity contribution < 1.29 is 19.2 Å². The summed E-state index contributed by atoms with van der Waals surface area (Å²) in [6.45, 7) is 7.23. The molecule has 1 atom stereocenters. The monoisotopic (exact) mass is 384 g/mol. The molecule has 0 spiro atoms. The molecule has 0 heterocycles. The molecule has 2 aromatic rings. The van der Waals surface area contributed by atoms with Crippen LogP contribution < -0.4 is 20.3 Å². The maximum atomic E-state index is 12.5. The lowest BCUT2D eigenvalue weighted by Gasteiger charge is -2.18. The first-order valence-electron chi connectivity index (χ1n) is 9.55. The second kappa shape index (κ2) is 10.5. The van der Waals surface area contributed by atoms with E-state index in [2.05, 4.69) is 16.7 Å². The number of amides is 2. The van der Waals surface area contributed by atoms with Crippen molar-refractivity contribution >= 4 is 23.2 Å². The lowest BCUT2D eigenvalue weighted by atomic mass is 10.1. The van der Waals surface area contributed by atoms with Gasteiger partial charge in [0.15, 0.2) is 13.1 Å². The molecule has 28 heavy (non-hydrogen) atoms. The third-order valence-electron chi connectivity index (χ3n) is 4.31. The Morgan fingerprint density at radius 3 is 2.18 bits per heavy atom. The highest BCUT2D eigenvalue weighted by Gasteiger charge is 2.18. The number of ether oxygens (including phenoxy) is 1. The van der Waals surface area contributed by atoms with Crippen molar-refractivity contribution in [1.29, 1.82) is 0 Å². The van der Waals surface area contributed by atoms with Gasteiger partial charge in [-0.1, -0.05) is 25.1 Å². The lowest BCUT2D eigenvalue weighted by Crippen LogP contribution is -3.14. The summed E-state index contributed by atoms with van der Waals surface area (Å²) in [5.41, 5.74) is 3.62. The molecular weight excluding hydrogens is 354 g/mol. The van der Waals surface area contributed by atoms with E-state index in [9.17, 15) is 9.59 Å². The molecule has 0 aliphatic carbocycles. The van der Waals surface area contributed by atoms with Gasteiger partial charge in [0, 0.05) is 5.69 Å². The molecule has 0 fully saturated rings. The van der Waals surface area contributed by atoms with Gasteiger partial charge >= 0.3 is 0 Å². The van der Waals surface area contributed by atoms with Gasteiger partial charge < -0.3 is 20.3 Å². The number of rotatable bonds is 9. The quantitative estimate of drug-likeness (QED) is 0.621. The number of hydrogen-bond donors (Lipinski definition) is 3. The number of hydrogen-bond acceptors (Lipinski definition) is 3. The summed E-state index contributed by atoms with van der Waals surface area (Å²) in [6.07, 6.45) is 0.883. The summed E-state index contributed by atoms with van der Waals surface area (Å²) < 4.78 is 5.26. The molecule has 0 aliphatic rings. The standard InChI is InChI=1S/C22H29N3O3/c1-5-10-25(14-21(26)23-18-12-16(2)11-17(3)13-18)15-22(27)24-19-8-6-7-9-20(19)28-4/h6-9,11-13H,5,10,14-15H2,1-4H3,(H,23,26)(H,24,27)/p+1. The van der Waals surface area contributed by atoms with Crippen LogP contribution in [0.1, 0.15) is 24.5 Å². The second-order valence-electron chi connectivity index (χ2n) is 7.03. The molecule has 0 radical (unpaired) electrons. The molecule has 6 nitrogen and oxygen atoms in total. The molecule has 150 valence electrons. The van der Waals surface area contributed by atoms with E-state index in [0.717, 1.165) is 34.7 Å². The van der Waals surface area contributed by atoms with E-state index in [-0.39, 0.29) is 24.9 Å². The number of para-hydroxylation sites is 2. The predicted molar refractivity (Wildman–Crippen MR) is 112 cm³/mol. The fourth-order valence-corrected chi connectivity index (χ4v) is 3.24. The van der Waals surface area contributed by atoms with E-state index in [1.807, 2.05) is 45.0 Å². The number of benzene rings is 2. The van der Waals surface area contributed by atoms with E-state index >= 15 is 0 Å². The molecule has 6 heteroatoms. The van der Waals surface area contributed by atoms with Gasteiger partial charge in [-0.2, -0.15) is 0 Å². The summed E-state index contributed by atoms with van der Waals surface area (Å²) >= 11 is 0. The lowest BCUT2D eigenvalue weighted by molar-refractivity contribution is -0.883. The highest BCUT2D eigenvalue weighted by atomic mass is 16.5. The smallest absolute Gasteiger partial charge is 0.279 e. The number of aryl methyl sites for hydroxylation is 2. The molecule has 0 saturated heterocycles. The van der Waals surface area contributed by atoms with Crippen LogP contribution in [0.2, 0.25) is 0 Å². The van der Waals surface area contributed by atoms with Crippen molar-refractivity contribution in [3.63, 3.8) is 0 Å². The van der Waals surface area contributed by atoms with Crippen molar-refractivity contribution in [2.24, 2.45) is 0 Å². The Labute approximate surface area is 166 Å². The Morgan fingerprint density at radius 2 is 1.57 bits per heavy atom. The van der Waals surface area contributed by atoms with Crippen LogP contribution in [0, 0.1) is 13.8 Å². The molecule has 0 aromatic heterocycles. The van der Waals surface area contributed by atoms with E-state index in [1.165, 1.54) is 0 Å². The van der Waals surface area contributed by atoms with Crippen LogP contribution in [0.3, 0.4) is 0 Å². The van der Waals surface area contributed by atoms with Gasteiger partial charge in [-0.25, -0.2) is 0 Å². The van der Waals surface area contributed by atoms with Crippen LogP contribution in [0.4, 0.5) is 11.4 Å². The second-order valence-corrected chi connectivity index (χ2v) is 7.03. The Bertz CT molecular complexity index is 800. The van der Waals surface area contributed by atoms with Gasteiger partial charge in [-0.3, -0.25) is 9.59 Å². The zero-order chi connectivity index (χ0) is 20.5. The van der Waals surface area contributed by atoms with Crippen molar-refractivity contribution in [1.82, 2.24) is 0 Å². The van der Waals surface area contributed by atoms with Gasteiger partial charge in [0.25, 0.3) is 11.8 Å². The maximum absolute atomic E-state index is 12.5. The zero-order valence-electron chi connectivity index (χ0n) is 17.1. The highest BCUT2D eigenvalue weighted by molar-refractivity contribution is 5.94. The minimum Gasteiger partial charge on any atom is -0.495 e. The molecule has 0 bridgehead atoms. The summed E-state index contributed by atoms with van der Waals surface area (Å²) in [4.78, 5) is 25.9. The molecule has 2 aromatic carbocycles. The Balaban J connectivity index is 1.96. The Morgan fingerprint density at radius 1 is 0.964 bits per heavy atom. The fourth-order valence-electron chi connectivity index (χ4n) is 3.24. The summed E-state index contributed by atoms with van der Waals surface area (Å²) in [6, 6.07) is 13.2. The summed E-state index contributed by atoms with van der Waals surface area (Å²) in [5.74, 6) is 0.367. The largest absolute Gasteiger partial charge is 0.495 e. The van der Waals surface area contributed by atoms with Crippen molar-refractivity contribution in [3.8, 4) is 5.75 Å². The molecule has 2 rings (SSSR count). The van der Waals surface area contributed by atoms with Crippen LogP contribution in [0.25, 0.3) is 0 Å². The first-order chi connectivity index (χ1) is 13.4. The average Bonchev–Trinajstić information content (AvgIpc) is 2.61. The number of nitrogens with one attached hydrogen (secondary N) is 3. The van der Waals surface area contributed by atoms with E-state index in [4.69, 9.17) is 4.74 Å². The van der Waals surface area contributed by atoms with Crippen LogP contribution >= 0.6 is 0 Å². The normalized spacial score (nSPS) is 11.6. The van der Waals surface area contributed by atoms with Gasteiger partial charge in [0.2, 0.25) is 0 Å². The molecule has 0 aliphatic heterocycles. The number of quaternary nitrogens is 1. The first-order valence-corrected chi connectivity index (χ1v) is 9.55. The van der Waals surface area contributed by atoms with Gasteiger partial charge in [0.05, 0.1) is 19.3 Å². The maximum Gasteiger partial charge on any atom is 0.279 e. The topological polar surface area (TPSA) is 71.9 Å². The minimum atomic E-state index is -0.146. The van der Waals surface area contributed by atoms with E-state index in [1.54, 1.807) is 19.2 Å². The number of carbonyl (C=O) groups is 2. The first kappa shape index (κ1) is 21.4. The predicted octanol–water partition coefficient (Wildman–Crippen LogP) is 2.18. The van der Waals surface area contributed by atoms with Crippen molar-refractivity contribution in [3.05, 3.63) is 53.6 Å². The van der Waals surface area contributed by atoms with E-state index < -0.39 is 0 Å². The van der Waals surface area contributed by atoms with Crippen LogP contribution in [-0.4, -0.2) is 38.6 Å². The van der Waals surface area contributed by atoms with Gasteiger partial charge in [-0.05, 0) is 55.7 Å². The van der Waals surface area contributed by atoms with E-state index in [0.29, 0.717) is 11.4 Å². The SMILES string of the molecule is CCC[NH+](CC(=O)Nc1cc(C)cc(C)c1)CC(=O)Nc1ccccc1OC. The van der Waals surface area contributed by atoms with Gasteiger partial charge in [-0.15, -0.1) is 0 Å². The molecule has 0 saturated carbocycles. The number of anilines is 2. The van der Waals surface area contributed by atoms with Crippen LogP contribution in [-0.2, 0) is 9.59 Å². The van der Waals surface area contributed by atoms with Crippen LogP contribution in [0.5, 0.6) is 5.75 Å². The minimum absolute atomic E-state index is 0.0986. The zero-order valence-corrected chi connectivity index (χ0v) is 17.1. The Kier molecular flexibility index (Phi) is 8.02. The number of carbonyl (C=O) groups excluding carboxylic acids is 2. The third kappa shape index (κ3) is 6.70. The molecule has 2 amide bonds. The van der Waals surface area contributed by atoms with Crippen LogP contribution in [0.15, 0.2) is 42.5 Å². The summed E-state index contributed by atoms with van der Waals surface area (Å²) in [7, 11) is 1.57. The Hall–Kier alpha value is -2.86. The highest BCUT2D eigenvalue weighted by Crippen LogP contribution is 2.22. The molecular formula is C22H30N3O3+.